The van der Waals surface area contributed by atoms with E-state index in [0.717, 1.165) is 33.7 Å². The highest BCUT2D eigenvalue weighted by molar-refractivity contribution is 7.14. The van der Waals surface area contributed by atoms with Crippen LogP contribution < -0.4 is 10.1 Å². The Balaban J connectivity index is 1.79. The Morgan fingerprint density at radius 1 is 1.03 bits per heavy atom. The summed E-state index contributed by atoms with van der Waals surface area (Å²) in [6.45, 7) is 7.73. The number of methoxy groups -OCH3 is 1. The average molecular weight is 550 g/mol. The number of esters is 1. The van der Waals surface area contributed by atoms with Crippen LogP contribution in [0.15, 0.2) is 48.5 Å². The van der Waals surface area contributed by atoms with Crippen LogP contribution in [0.3, 0.4) is 0 Å². The first-order chi connectivity index (χ1) is 17.8. The highest BCUT2D eigenvalue weighted by Crippen LogP contribution is 2.37. The molecule has 0 aliphatic heterocycles. The van der Waals surface area contributed by atoms with Gasteiger partial charge in [0.05, 0.1) is 24.0 Å². The van der Waals surface area contributed by atoms with E-state index in [9.17, 15) is 27.9 Å². The Morgan fingerprint density at radius 2 is 1.63 bits per heavy atom. The molecule has 0 aliphatic rings. The molecule has 204 valence electrons. The smallest absolute Gasteiger partial charge is 0.416 e. The number of benzene rings is 2. The minimum Gasteiger partial charge on any atom is -0.485 e. The third-order valence-electron chi connectivity index (χ3n) is 5.89. The number of nitrogens with one attached hydrogen (secondary N) is 1. The monoisotopic (exact) mass is 549 g/mol. The zero-order valence-corrected chi connectivity index (χ0v) is 22.5. The molecule has 1 heterocycles. The second-order valence-corrected chi connectivity index (χ2v) is 10.4. The number of ether oxygens (including phenoxy) is 2. The van der Waals surface area contributed by atoms with E-state index in [4.69, 9.17) is 4.74 Å². The molecule has 0 saturated carbocycles. The maximum absolute atomic E-state index is 13.0. The second kappa shape index (κ2) is 12.0. The molecule has 0 spiro atoms. The molecule has 3 rings (SSSR count). The topological polar surface area (TPSA) is 84.9 Å². The summed E-state index contributed by atoms with van der Waals surface area (Å²) in [6.07, 6.45) is -6.50. The molecule has 2 unspecified atom stereocenters. The Bertz CT molecular complexity index is 1260. The molecule has 2 N–H and O–H groups in total. The minimum absolute atomic E-state index is 0.0460. The first-order valence-corrected chi connectivity index (χ1v) is 12.7. The molecule has 6 nitrogen and oxygen atoms in total. The molecule has 0 bridgehead atoms. The van der Waals surface area contributed by atoms with Gasteiger partial charge in [-0.05, 0) is 78.4 Å². The van der Waals surface area contributed by atoms with Gasteiger partial charge in [-0.15, -0.1) is 11.3 Å². The Hall–Kier alpha value is -3.37. The van der Waals surface area contributed by atoms with Gasteiger partial charge in [-0.1, -0.05) is 26.0 Å². The molecule has 1 aromatic heterocycles. The number of aryl methyl sites for hydroxylation is 2. The van der Waals surface area contributed by atoms with Crippen molar-refractivity contribution in [2.75, 3.05) is 7.11 Å². The highest BCUT2D eigenvalue weighted by Gasteiger charge is 2.30. The van der Waals surface area contributed by atoms with Crippen LogP contribution in [0.1, 0.15) is 57.6 Å². The number of thiophene rings is 1. The predicted molar refractivity (Wildman–Crippen MR) is 139 cm³/mol. The van der Waals surface area contributed by atoms with Crippen LogP contribution in [0.4, 0.5) is 13.2 Å². The summed E-state index contributed by atoms with van der Waals surface area (Å²) in [6, 6.07) is 12.2. The lowest BCUT2D eigenvalue weighted by atomic mass is 9.94. The van der Waals surface area contributed by atoms with Crippen molar-refractivity contribution in [2.45, 2.75) is 52.6 Å². The van der Waals surface area contributed by atoms with Gasteiger partial charge in [0.1, 0.15) is 18.1 Å². The summed E-state index contributed by atoms with van der Waals surface area (Å²) >= 11 is 1.22. The van der Waals surface area contributed by atoms with Gasteiger partial charge in [0.2, 0.25) is 0 Å². The van der Waals surface area contributed by atoms with E-state index in [2.05, 4.69) is 10.1 Å². The van der Waals surface area contributed by atoms with Crippen molar-refractivity contribution in [1.29, 1.82) is 0 Å². The molecular weight excluding hydrogens is 519 g/mol. The molecule has 38 heavy (non-hydrogen) atoms. The second-order valence-electron chi connectivity index (χ2n) is 9.26. The molecule has 0 fully saturated rings. The fraction of sp³-hybridized carbons (Fsp3) is 0.357. The quantitative estimate of drug-likeness (QED) is 0.237. The van der Waals surface area contributed by atoms with Crippen molar-refractivity contribution in [3.63, 3.8) is 0 Å². The average Bonchev–Trinajstić information content (AvgIpc) is 3.31. The van der Waals surface area contributed by atoms with Crippen LogP contribution in [0.25, 0.3) is 11.1 Å². The van der Waals surface area contributed by atoms with E-state index in [-0.39, 0.29) is 18.4 Å². The minimum atomic E-state index is -4.39. The van der Waals surface area contributed by atoms with Crippen molar-refractivity contribution in [2.24, 2.45) is 5.92 Å². The van der Waals surface area contributed by atoms with Crippen LogP contribution in [-0.4, -0.2) is 30.3 Å². The molecule has 1 amide bonds. The van der Waals surface area contributed by atoms with Crippen molar-refractivity contribution in [3.05, 3.63) is 75.0 Å². The lowest BCUT2D eigenvalue weighted by Gasteiger charge is -2.23. The van der Waals surface area contributed by atoms with Crippen molar-refractivity contribution in [1.82, 2.24) is 5.32 Å². The maximum atomic E-state index is 13.0. The number of halogens is 3. The molecule has 0 radical (unpaired) electrons. The van der Waals surface area contributed by atoms with Crippen LogP contribution >= 0.6 is 11.3 Å². The zero-order valence-electron chi connectivity index (χ0n) is 21.7. The van der Waals surface area contributed by atoms with Crippen molar-refractivity contribution >= 4 is 23.2 Å². The van der Waals surface area contributed by atoms with Crippen LogP contribution in [0, 0.1) is 19.8 Å². The largest absolute Gasteiger partial charge is 0.485 e. The van der Waals surface area contributed by atoms with Gasteiger partial charge in [0, 0.05) is 4.88 Å². The van der Waals surface area contributed by atoms with Gasteiger partial charge < -0.3 is 19.9 Å². The van der Waals surface area contributed by atoms with E-state index < -0.39 is 29.8 Å². The van der Waals surface area contributed by atoms with Crippen LogP contribution in [0.2, 0.25) is 0 Å². The Labute approximate surface area is 223 Å². The number of hydrogen-bond donors (Lipinski definition) is 2. The fourth-order valence-corrected chi connectivity index (χ4v) is 5.20. The lowest BCUT2D eigenvalue weighted by molar-refractivity contribution is -0.143. The van der Waals surface area contributed by atoms with Gasteiger partial charge in [0.25, 0.3) is 5.91 Å². The fourth-order valence-electron chi connectivity index (χ4n) is 4.08. The Morgan fingerprint density at radius 3 is 2.16 bits per heavy atom. The standard InChI is InChI=1S/C28H30F3NO5S/c1-15(2)26(21-10-11-22(38-21)27(35)32-23(33)14-24(34)36-5)37-20-12-16(3)25(17(4)13-20)18-6-8-19(9-7-18)28(29,30)31/h6-13,15,23,26,33H,14H2,1-5H3,(H,32,35). The Kier molecular flexibility index (Phi) is 9.22. The van der Waals surface area contributed by atoms with Gasteiger partial charge in [-0.3, -0.25) is 9.59 Å². The third-order valence-corrected chi connectivity index (χ3v) is 7.04. The number of carbonyl (C=O) groups is 2. The van der Waals surface area contributed by atoms with Gasteiger partial charge in [-0.25, -0.2) is 0 Å². The predicted octanol–water partition coefficient (Wildman–Crippen LogP) is 6.44. The SMILES string of the molecule is COC(=O)CC(O)NC(=O)c1ccc(C(Oc2cc(C)c(-c3ccc(C(F)(F)F)cc3)c(C)c2)C(C)C)s1. The number of aliphatic hydroxyl groups excluding tert-OH is 1. The zero-order chi connectivity index (χ0) is 28.2. The van der Waals surface area contributed by atoms with Gasteiger partial charge in [-0.2, -0.15) is 13.2 Å². The molecule has 0 aliphatic carbocycles. The number of hydrogen-bond acceptors (Lipinski definition) is 6. The number of aliphatic hydroxyl groups is 1. The van der Waals surface area contributed by atoms with Crippen LogP contribution in [-0.2, 0) is 15.7 Å². The third kappa shape index (κ3) is 7.14. The molecular formula is C28H30F3NO5S. The summed E-state index contributed by atoms with van der Waals surface area (Å²) in [5.41, 5.74) is 2.54. The van der Waals surface area contributed by atoms with Crippen LogP contribution in [0.5, 0.6) is 5.75 Å². The summed E-state index contributed by atoms with van der Waals surface area (Å²) < 4.78 is 49.7. The summed E-state index contributed by atoms with van der Waals surface area (Å²) in [5, 5.41) is 12.2. The van der Waals surface area contributed by atoms with E-state index in [0.29, 0.717) is 16.2 Å². The highest BCUT2D eigenvalue weighted by atomic mass is 32.1. The number of amides is 1. The van der Waals surface area contributed by atoms with E-state index in [1.807, 2.05) is 39.8 Å². The molecule has 2 aromatic carbocycles. The molecule has 3 aromatic rings. The van der Waals surface area contributed by atoms with Gasteiger partial charge >= 0.3 is 12.1 Å². The maximum Gasteiger partial charge on any atom is 0.416 e. The summed E-state index contributed by atoms with van der Waals surface area (Å²) in [7, 11) is 1.19. The van der Waals surface area contributed by atoms with E-state index >= 15 is 0 Å². The van der Waals surface area contributed by atoms with Crippen molar-refractivity contribution < 1.29 is 37.3 Å². The normalized spacial score (nSPS) is 13.2. The number of alkyl halides is 3. The molecule has 10 heteroatoms. The number of carbonyl (C=O) groups excluding carboxylic acids is 2. The van der Waals surface area contributed by atoms with E-state index in [1.165, 1.54) is 30.6 Å². The van der Waals surface area contributed by atoms with Gasteiger partial charge in [0.15, 0.2) is 0 Å². The molecule has 0 saturated heterocycles. The summed E-state index contributed by atoms with van der Waals surface area (Å²) in [5.74, 6) is -0.521. The van der Waals surface area contributed by atoms with E-state index in [1.54, 1.807) is 12.1 Å². The first kappa shape index (κ1) is 29.2. The summed E-state index contributed by atoms with van der Waals surface area (Å²) in [4.78, 5) is 25.0. The molecule has 2 atom stereocenters. The lowest BCUT2D eigenvalue weighted by Crippen LogP contribution is -2.36. The first-order valence-electron chi connectivity index (χ1n) is 11.9. The number of rotatable bonds is 9. The van der Waals surface area contributed by atoms with Crippen molar-refractivity contribution in [3.8, 4) is 16.9 Å².